The molecule has 0 bridgehead atoms. The van der Waals surface area contributed by atoms with Gasteiger partial charge in [-0.3, -0.25) is 0 Å². The van der Waals surface area contributed by atoms with Crippen LogP contribution in [0.25, 0.3) is 0 Å². The van der Waals surface area contributed by atoms with Crippen molar-refractivity contribution in [2.75, 3.05) is 33.9 Å². The van der Waals surface area contributed by atoms with Crippen molar-refractivity contribution in [3.63, 3.8) is 0 Å². The van der Waals surface area contributed by atoms with E-state index in [2.05, 4.69) is 24.1 Å². The lowest BCUT2D eigenvalue weighted by Gasteiger charge is -2.24. The van der Waals surface area contributed by atoms with E-state index in [1.807, 2.05) is 31.3 Å². The lowest BCUT2D eigenvalue weighted by molar-refractivity contribution is 0.0668. The molecular weight excluding hydrogens is 371 g/mol. The van der Waals surface area contributed by atoms with Crippen LogP contribution in [0.3, 0.4) is 0 Å². The number of aliphatic hydroxyl groups is 1. The Morgan fingerprint density at radius 2 is 1.90 bits per heavy atom. The molecule has 0 amide bonds. The zero-order valence-corrected chi connectivity index (χ0v) is 17.8. The monoisotopic (exact) mass is 404 g/mol. The van der Waals surface area contributed by atoms with Crippen LogP contribution in [-0.4, -0.2) is 56.0 Å². The third-order valence-electron chi connectivity index (χ3n) is 4.85. The van der Waals surface area contributed by atoms with Crippen molar-refractivity contribution in [1.82, 2.24) is 10.2 Å². The SMILES string of the molecule is COc1ccc(CNCCc2cccc(F)c2)cc1OC[C@@H](O)CN(C)C(C)C. The Labute approximate surface area is 173 Å². The summed E-state index contributed by atoms with van der Waals surface area (Å²) in [5.41, 5.74) is 2.02. The fraction of sp³-hybridized carbons (Fsp3) is 0.478. The summed E-state index contributed by atoms with van der Waals surface area (Å²) in [5.74, 6) is 1.04. The van der Waals surface area contributed by atoms with Gasteiger partial charge >= 0.3 is 0 Å². The molecule has 0 aliphatic heterocycles. The molecule has 160 valence electrons. The average molecular weight is 405 g/mol. The van der Waals surface area contributed by atoms with E-state index in [0.29, 0.717) is 30.6 Å². The van der Waals surface area contributed by atoms with Gasteiger partial charge in [-0.1, -0.05) is 18.2 Å². The minimum atomic E-state index is -0.583. The van der Waals surface area contributed by atoms with E-state index in [0.717, 1.165) is 24.1 Å². The minimum Gasteiger partial charge on any atom is -0.493 e. The normalized spacial score (nSPS) is 12.4. The maximum atomic E-state index is 13.2. The van der Waals surface area contributed by atoms with Crippen LogP contribution >= 0.6 is 0 Å². The molecule has 0 fully saturated rings. The quantitative estimate of drug-likeness (QED) is 0.532. The zero-order valence-electron chi connectivity index (χ0n) is 17.8. The second-order valence-corrected chi connectivity index (χ2v) is 7.54. The standard InChI is InChI=1S/C23H33FN2O3/c1-17(2)26(3)15-21(27)16-29-23-13-19(8-9-22(23)28-4)14-25-11-10-18-6-5-7-20(24)12-18/h5-9,12-13,17,21,25,27H,10-11,14-16H2,1-4H3/t21-/m0/s1. The van der Waals surface area contributed by atoms with Crippen molar-refractivity contribution in [1.29, 1.82) is 0 Å². The number of benzene rings is 2. The number of nitrogens with zero attached hydrogens (tertiary/aromatic N) is 1. The molecule has 0 saturated heterocycles. The fourth-order valence-electron chi connectivity index (χ4n) is 2.88. The van der Waals surface area contributed by atoms with E-state index in [-0.39, 0.29) is 12.4 Å². The molecule has 0 aliphatic carbocycles. The van der Waals surface area contributed by atoms with Gasteiger partial charge in [0.15, 0.2) is 11.5 Å². The molecule has 2 aromatic rings. The Hall–Kier alpha value is -2.15. The van der Waals surface area contributed by atoms with Crippen LogP contribution in [0.1, 0.15) is 25.0 Å². The maximum Gasteiger partial charge on any atom is 0.161 e. The number of nitrogens with one attached hydrogen (secondary N) is 1. The van der Waals surface area contributed by atoms with Gasteiger partial charge < -0.3 is 24.8 Å². The molecule has 0 aromatic heterocycles. The molecule has 5 nitrogen and oxygen atoms in total. The first-order chi connectivity index (χ1) is 13.9. The van der Waals surface area contributed by atoms with Crippen molar-refractivity contribution >= 4 is 0 Å². The average Bonchev–Trinajstić information content (AvgIpc) is 2.69. The van der Waals surface area contributed by atoms with Crippen molar-refractivity contribution in [3.05, 3.63) is 59.4 Å². The molecule has 2 aromatic carbocycles. The number of halogens is 1. The van der Waals surface area contributed by atoms with Crippen LogP contribution in [0.15, 0.2) is 42.5 Å². The van der Waals surface area contributed by atoms with E-state index in [1.54, 1.807) is 19.2 Å². The summed E-state index contributed by atoms with van der Waals surface area (Å²) in [6.45, 7) is 6.31. The number of methoxy groups -OCH3 is 1. The van der Waals surface area contributed by atoms with Crippen LogP contribution in [0.5, 0.6) is 11.5 Å². The summed E-state index contributed by atoms with van der Waals surface area (Å²) in [7, 11) is 3.58. The summed E-state index contributed by atoms with van der Waals surface area (Å²) in [4.78, 5) is 2.07. The first-order valence-electron chi connectivity index (χ1n) is 10.0. The Balaban J connectivity index is 1.85. The molecule has 0 heterocycles. The maximum absolute atomic E-state index is 13.2. The molecule has 0 unspecified atom stereocenters. The highest BCUT2D eigenvalue weighted by atomic mass is 19.1. The van der Waals surface area contributed by atoms with Gasteiger partial charge in [0.25, 0.3) is 0 Å². The summed E-state index contributed by atoms with van der Waals surface area (Å²) in [6, 6.07) is 12.8. The van der Waals surface area contributed by atoms with Crippen LogP contribution in [0.2, 0.25) is 0 Å². The Morgan fingerprint density at radius 1 is 1.10 bits per heavy atom. The third kappa shape index (κ3) is 8.01. The lowest BCUT2D eigenvalue weighted by atomic mass is 10.1. The van der Waals surface area contributed by atoms with E-state index in [4.69, 9.17) is 9.47 Å². The highest BCUT2D eigenvalue weighted by Gasteiger charge is 2.13. The minimum absolute atomic E-state index is 0.198. The first-order valence-corrected chi connectivity index (χ1v) is 10.0. The highest BCUT2D eigenvalue weighted by Crippen LogP contribution is 2.28. The number of hydrogen-bond acceptors (Lipinski definition) is 5. The number of ether oxygens (including phenoxy) is 2. The second-order valence-electron chi connectivity index (χ2n) is 7.54. The molecule has 2 rings (SSSR count). The molecule has 1 atom stereocenters. The van der Waals surface area contributed by atoms with E-state index >= 15 is 0 Å². The van der Waals surface area contributed by atoms with Crippen molar-refractivity contribution in [2.24, 2.45) is 0 Å². The van der Waals surface area contributed by atoms with Crippen molar-refractivity contribution < 1.29 is 19.0 Å². The third-order valence-corrected chi connectivity index (χ3v) is 4.85. The van der Waals surface area contributed by atoms with Gasteiger partial charge in [0.05, 0.1) is 7.11 Å². The summed E-state index contributed by atoms with van der Waals surface area (Å²) < 4.78 is 24.4. The van der Waals surface area contributed by atoms with Crippen LogP contribution in [0, 0.1) is 5.82 Å². The number of likely N-dealkylation sites (N-methyl/N-ethyl adjacent to an activating group) is 1. The van der Waals surface area contributed by atoms with E-state index in [1.165, 1.54) is 6.07 Å². The highest BCUT2D eigenvalue weighted by molar-refractivity contribution is 5.43. The Morgan fingerprint density at radius 3 is 2.59 bits per heavy atom. The molecule has 6 heteroatoms. The lowest BCUT2D eigenvalue weighted by Crippen LogP contribution is -2.37. The predicted molar refractivity (Wildman–Crippen MR) is 114 cm³/mol. The zero-order chi connectivity index (χ0) is 21.2. The van der Waals surface area contributed by atoms with E-state index < -0.39 is 6.10 Å². The van der Waals surface area contributed by atoms with Gasteiger partial charge in [-0.15, -0.1) is 0 Å². The van der Waals surface area contributed by atoms with Gasteiger partial charge in [0.1, 0.15) is 18.5 Å². The van der Waals surface area contributed by atoms with Crippen LogP contribution < -0.4 is 14.8 Å². The van der Waals surface area contributed by atoms with Crippen molar-refractivity contribution in [3.8, 4) is 11.5 Å². The summed E-state index contributed by atoms with van der Waals surface area (Å²) in [6.07, 6.45) is 0.174. The first kappa shape index (κ1) is 23.1. The fourth-order valence-corrected chi connectivity index (χ4v) is 2.88. The Bertz CT molecular complexity index is 755. The summed E-state index contributed by atoms with van der Waals surface area (Å²) in [5, 5.41) is 13.6. The number of hydrogen-bond donors (Lipinski definition) is 2. The molecule has 0 aliphatic rings. The number of rotatable bonds is 12. The van der Waals surface area contributed by atoms with Crippen LogP contribution in [-0.2, 0) is 13.0 Å². The molecule has 0 saturated carbocycles. The molecule has 0 radical (unpaired) electrons. The van der Waals surface area contributed by atoms with Gasteiger partial charge in [-0.2, -0.15) is 0 Å². The number of aliphatic hydroxyl groups excluding tert-OH is 1. The second kappa shape index (κ2) is 11.8. The predicted octanol–water partition coefficient (Wildman–Crippen LogP) is 3.25. The van der Waals surface area contributed by atoms with Gasteiger partial charge in [-0.25, -0.2) is 4.39 Å². The van der Waals surface area contributed by atoms with Gasteiger partial charge in [0, 0.05) is 19.1 Å². The molecule has 29 heavy (non-hydrogen) atoms. The van der Waals surface area contributed by atoms with E-state index in [9.17, 15) is 9.50 Å². The smallest absolute Gasteiger partial charge is 0.161 e. The van der Waals surface area contributed by atoms with Gasteiger partial charge in [0.2, 0.25) is 0 Å². The van der Waals surface area contributed by atoms with Crippen molar-refractivity contribution in [2.45, 2.75) is 39.0 Å². The topological polar surface area (TPSA) is 54.0 Å². The molecular formula is C23H33FN2O3. The molecule has 2 N–H and O–H groups in total. The molecule has 0 spiro atoms. The Kier molecular flexibility index (Phi) is 9.38. The largest absolute Gasteiger partial charge is 0.493 e. The van der Waals surface area contributed by atoms with Gasteiger partial charge in [-0.05, 0) is 69.3 Å². The summed E-state index contributed by atoms with van der Waals surface area (Å²) >= 11 is 0. The van der Waals surface area contributed by atoms with Crippen LogP contribution in [0.4, 0.5) is 4.39 Å².